The van der Waals surface area contributed by atoms with Crippen LogP contribution in [0.5, 0.6) is 0 Å². The molecule has 1 aliphatic heterocycles. The number of imide groups is 1. The van der Waals surface area contributed by atoms with Gasteiger partial charge in [0.1, 0.15) is 0 Å². The summed E-state index contributed by atoms with van der Waals surface area (Å²) in [5.74, 6) is -0.768. The van der Waals surface area contributed by atoms with E-state index in [1.807, 2.05) is 0 Å². The number of nitrogens with one attached hydrogen (secondary N) is 2. The molecule has 2 unspecified atom stereocenters. The quantitative estimate of drug-likeness (QED) is 0.462. The van der Waals surface area contributed by atoms with Crippen molar-refractivity contribution in [2.24, 2.45) is 0 Å². The van der Waals surface area contributed by atoms with Gasteiger partial charge in [0, 0.05) is 26.2 Å². The molecule has 1 aromatic carbocycles. The minimum Gasteiger partial charge on any atom is -0.430 e. The molecule has 2 N–H and O–H groups in total. The maximum atomic E-state index is 12.6. The second-order valence-corrected chi connectivity index (χ2v) is 6.62. The van der Waals surface area contributed by atoms with Crippen LogP contribution in [0.25, 0.3) is 0 Å². The Morgan fingerprint density at radius 3 is 1.77 bits per heavy atom. The van der Waals surface area contributed by atoms with Crippen molar-refractivity contribution >= 4 is 24.0 Å². The number of benzene rings is 1. The molecule has 0 saturated carbocycles. The molecule has 10 nitrogen and oxygen atoms in total. The summed E-state index contributed by atoms with van der Waals surface area (Å²) in [4.78, 5) is 51.5. The van der Waals surface area contributed by atoms with Crippen molar-refractivity contribution in [3.05, 3.63) is 35.4 Å². The standard InChI is InChI=1S/C20H28N4O6/c1-5-21-19(27)29-13(3)23(14(4)30-20(28)22-6-2)11-12-24-17(25)15-9-7-8-10-16(15)18(24)26/h7-10,13-14H,5-6,11-12H2,1-4H3,(H,21,27)(H,22,28). The highest BCUT2D eigenvalue weighted by atomic mass is 16.6. The van der Waals surface area contributed by atoms with E-state index >= 15 is 0 Å². The van der Waals surface area contributed by atoms with Crippen LogP contribution in [-0.4, -0.2) is 72.4 Å². The lowest BCUT2D eigenvalue weighted by molar-refractivity contribution is -0.0925. The molecule has 0 bridgehead atoms. The zero-order valence-corrected chi connectivity index (χ0v) is 17.6. The zero-order chi connectivity index (χ0) is 22.3. The molecule has 164 valence electrons. The highest BCUT2D eigenvalue weighted by Crippen LogP contribution is 2.22. The zero-order valence-electron chi connectivity index (χ0n) is 17.6. The van der Waals surface area contributed by atoms with Gasteiger partial charge in [0.2, 0.25) is 0 Å². The van der Waals surface area contributed by atoms with Gasteiger partial charge in [-0.05, 0) is 39.8 Å². The molecule has 30 heavy (non-hydrogen) atoms. The maximum Gasteiger partial charge on any atom is 0.408 e. The Morgan fingerprint density at radius 1 is 0.933 bits per heavy atom. The van der Waals surface area contributed by atoms with Crippen molar-refractivity contribution in [1.29, 1.82) is 0 Å². The van der Waals surface area contributed by atoms with E-state index in [-0.39, 0.29) is 24.9 Å². The van der Waals surface area contributed by atoms with Crippen molar-refractivity contribution < 1.29 is 28.7 Å². The summed E-state index contributed by atoms with van der Waals surface area (Å²) < 4.78 is 10.6. The fourth-order valence-electron chi connectivity index (χ4n) is 3.13. The number of carbonyl (C=O) groups is 4. The molecule has 2 atom stereocenters. The Balaban J connectivity index is 2.10. The smallest absolute Gasteiger partial charge is 0.408 e. The fraction of sp³-hybridized carbons (Fsp3) is 0.500. The Labute approximate surface area is 175 Å². The highest BCUT2D eigenvalue weighted by molar-refractivity contribution is 6.21. The average molecular weight is 420 g/mol. The number of amides is 4. The van der Waals surface area contributed by atoms with Gasteiger partial charge in [-0.25, -0.2) is 14.5 Å². The lowest BCUT2D eigenvalue weighted by Gasteiger charge is -2.33. The van der Waals surface area contributed by atoms with Crippen molar-refractivity contribution in [2.75, 3.05) is 26.2 Å². The van der Waals surface area contributed by atoms with E-state index in [1.54, 1.807) is 56.9 Å². The van der Waals surface area contributed by atoms with E-state index in [0.717, 1.165) is 4.90 Å². The van der Waals surface area contributed by atoms with Gasteiger partial charge < -0.3 is 20.1 Å². The third-order valence-electron chi connectivity index (χ3n) is 4.59. The molecule has 10 heteroatoms. The summed E-state index contributed by atoms with van der Waals surface area (Å²) in [6, 6.07) is 6.61. The Kier molecular flexibility index (Phi) is 8.16. The SMILES string of the molecule is CCNC(=O)OC(C)N(CCN1C(=O)c2ccccc2C1=O)C(C)OC(=O)NCC. The van der Waals surface area contributed by atoms with E-state index in [0.29, 0.717) is 24.2 Å². The Morgan fingerprint density at radius 2 is 1.37 bits per heavy atom. The minimum absolute atomic E-state index is 0.0402. The number of nitrogens with zero attached hydrogens (tertiary/aromatic N) is 2. The molecule has 0 radical (unpaired) electrons. The van der Waals surface area contributed by atoms with Gasteiger partial charge >= 0.3 is 12.2 Å². The van der Waals surface area contributed by atoms with E-state index < -0.39 is 24.6 Å². The number of rotatable bonds is 9. The Hall–Kier alpha value is -3.14. The number of fused-ring (bicyclic) bond motifs is 1. The van der Waals surface area contributed by atoms with Crippen LogP contribution >= 0.6 is 0 Å². The van der Waals surface area contributed by atoms with Crippen LogP contribution < -0.4 is 10.6 Å². The fourth-order valence-corrected chi connectivity index (χ4v) is 3.13. The molecule has 1 heterocycles. The van der Waals surface area contributed by atoms with Gasteiger partial charge in [0.15, 0.2) is 12.5 Å². The van der Waals surface area contributed by atoms with Crippen LogP contribution in [0.15, 0.2) is 24.3 Å². The molecular formula is C20H28N4O6. The third kappa shape index (κ3) is 5.47. The lowest BCUT2D eigenvalue weighted by Crippen LogP contribution is -2.50. The summed E-state index contributed by atoms with van der Waals surface area (Å²) in [5.41, 5.74) is 0.708. The molecular weight excluding hydrogens is 392 g/mol. The van der Waals surface area contributed by atoms with Gasteiger partial charge in [-0.3, -0.25) is 14.5 Å². The molecule has 2 rings (SSSR count). The monoisotopic (exact) mass is 420 g/mol. The van der Waals surface area contributed by atoms with Crippen LogP contribution in [0.3, 0.4) is 0 Å². The molecule has 0 fully saturated rings. The van der Waals surface area contributed by atoms with Gasteiger partial charge in [0.05, 0.1) is 11.1 Å². The second-order valence-electron chi connectivity index (χ2n) is 6.62. The molecule has 1 aromatic rings. The van der Waals surface area contributed by atoms with Crippen molar-refractivity contribution in [1.82, 2.24) is 20.4 Å². The largest absolute Gasteiger partial charge is 0.430 e. The summed E-state index contributed by atoms with van der Waals surface area (Å²) in [6.45, 7) is 7.71. The van der Waals surface area contributed by atoms with Crippen molar-refractivity contribution in [3.8, 4) is 0 Å². The number of ether oxygens (including phenoxy) is 2. The predicted octanol–water partition coefficient (Wildman–Crippen LogP) is 1.77. The first kappa shape index (κ1) is 23.1. The van der Waals surface area contributed by atoms with Crippen molar-refractivity contribution in [3.63, 3.8) is 0 Å². The van der Waals surface area contributed by atoms with Crippen molar-refractivity contribution in [2.45, 2.75) is 40.2 Å². The first-order chi connectivity index (χ1) is 14.3. The topological polar surface area (TPSA) is 117 Å². The second kappa shape index (κ2) is 10.6. The normalized spacial score (nSPS) is 14.9. The van der Waals surface area contributed by atoms with Gasteiger partial charge in [-0.15, -0.1) is 0 Å². The van der Waals surface area contributed by atoms with Gasteiger partial charge in [-0.1, -0.05) is 12.1 Å². The lowest BCUT2D eigenvalue weighted by atomic mass is 10.1. The van der Waals surface area contributed by atoms with Gasteiger partial charge in [-0.2, -0.15) is 0 Å². The van der Waals surface area contributed by atoms with E-state index in [9.17, 15) is 19.2 Å². The molecule has 4 amide bonds. The number of carbonyl (C=O) groups excluding carboxylic acids is 4. The number of hydrogen-bond acceptors (Lipinski definition) is 7. The third-order valence-corrected chi connectivity index (χ3v) is 4.59. The summed E-state index contributed by atoms with van der Waals surface area (Å²) in [6.07, 6.45) is -2.81. The summed E-state index contributed by atoms with van der Waals surface area (Å²) in [7, 11) is 0. The first-order valence-electron chi connectivity index (χ1n) is 9.90. The van der Waals surface area contributed by atoms with Crippen LogP contribution in [0.1, 0.15) is 48.4 Å². The molecule has 0 aromatic heterocycles. The van der Waals surface area contributed by atoms with Gasteiger partial charge in [0.25, 0.3) is 11.8 Å². The molecule has 0 aliphatic carbocycles. The van der Waals surface area contributed by atoms with Crippen LogP contribution in [0.2, 0.25) is 0 Å². The number of hydrogen-bond donors (Lipinski definition) is 2. The maximum absolute atomic E-state index is 12.6. The predicted molar refractivity (Wildman–Crippen MR) is 108 cm³/mol. The van der Waals surface area contributed by atoms with E-state index in [2.05, 4.69) is 10.6 Å². The van der Waals surface area contributed by atoms with E-state index in [1.165, 1.54) is 0 Å². The first-order valence-corrected chi connectivity index (χ1v) is 9.90. The molecule has 1 aliphatic rings. The molecule has 0 spiro atoms. The molecule has 0 saturated heterocycles. The Bertz CT molecular complexity index is 738. The number of alkyl carbamates (subject to hydrolysis) is 2. The van der Waals surface area contributed by atoms with E-state index in [4.69, 9.17) is 9.47 Å². The van der Waals surface area contributed by atoms with Crippen LogP contribution in [0.4, 0.5) is 9.59 Å². The van der Waals surface area contributed by atoms with Crippen LogP contribution in [0, 0.1) is 0 Å². The average Bonchev–Trinajstić information content (AvgIpc) is 2.93. The van der Waals surface area contributed by atoms with Crippen LogP contribution in [-0.2, 0) is 9.47 Å². The summed E-state index contributed by atoms with van der Waals surface area (Å²) >= 11 is 0. The summed E-state index contributed by atoms with van der Waals surface area (Å²) in [5, 5.41) is 5.06. The minimum atomic E-state index is -0.781. The highest BCUT2D eigenvalue weighted by Gasteiger charge is 2.36.